The van der Waals surface area contributed by atoms with Crippen LogP contribution in [0.25, 0.3) is 10.8 Å². The van der Waals surface area contributed by atoms with Gasteiger partial charge in [-0.25, -0.2) is 4.68 Å². The van der Waals surface area contributed by atoms with Crippen LogP contribution in [0.4, 0.5) is 0 Å². The Morgan fingerprint density at radius 1 is 1.00 bits per heavy atom. The normalized spacial score (nSPS) is 11.7. The highest BCUT2D eigenvalue weighted by molar-refractivity contribution is 6.88. The fraction of sp³-hybridized carbons (Fsp3) is 0.176. The van der Waals surface area contributed by atoms with E-state index in [0.717, 1.165) is 10.8 Å². The maximum atomic E-state index is 12.6. The first-order valence-corrected chi connectivity index (χ1v) is 10.3. The van der Waals surface area contributed by atoms with Crippen molar-refractivity contribution in [3.63, 3.8) is 0 Å². The van der Waals surface area contributed by atoms with Crippen LogP contribution in [0.3, 0.4) is 0 Å². The Morgan fingerprint density at radius 3 is 2.43 bits per heavy atom. The molecule has 0 aliphatic carbocycles. The van der Waals surface area contributed by atoms with Gasteiger partial charge >= 0.3 is 0 Å². The van der Waals surface area contributed by atoms with Gasteiger partial charge in [0.1, 0.15) is 8.07 Å². The number of nitrogens with zero attached hydrogens (tertiary/aromatic N) is 2. The summed E-state index contributed by atoms with van der Waals surface area (Å²) < 4.78 is 1.63. The number of rotatable bonds is 3. The van der Waals surface area contributed by atoms with Crippen LogP contribution in [0.15, 0.2) is 65.6 Å². The second kappa shape index (κ2) is 5.29. The molecule has 106 valence electrons. The molecule has 0 bridgehead atoms. The van der Waals surface area contributed by atoms with Crippen LogP contribution in [0.5, 0.6) is 0 Å². The fourth-order valence-electron chi connectivity index (χ4n) is 2.60. The highest BCUT2D eigenvalue weighted by Crippen LogP contribution is 2.09. The molecular formula is C17H18N2OSi. The summed E-state index contributed by atoms with van der Waals surface area (Å²) in [6.07, 6.45) is 2.48. The topological polar surface area (TPSA) is 34.9 Å². The molecule has 0 aliphatic rings. The molecule has 3 rings (SSSR count). The van der Waals surface area contributed by atoms with E-state index in [9.17, 15) is 4.79 Å². The molecule has 3 nitrogen and oxygen atoms in total. The second-order valence-corrected chi connectivity index (χ2v) is 10.6. The van der Waals surface area contributed by atoms with Gasteiger partial charge in [0.25, 0.3) is 5.56 Å². The fourth-order valence-corrected chi connectivity index (χ4v) is 4.85. The third-order valence-corrected chi connectivity index (χ3v) is 6.85. The highest BCUT2D eigenvalue weighted by atomic mass is 28.3. The van der Waals surface area contributed by atoms with Gasteiger partial charge in [-0.15, -0.1) is 0 Å². The number of fused-ring (bicyclic) bond motifs is 1. The Hall–Kier alpha value is -2.20. The molecular weight excluding hydrogens is 276 g/mol. The molecule has 4 heteroatoms. The summed E-state index contributed by atoms with van der Waals surface area (Å²) in [5.41, 5.74) is 0.00426. The van der Waals surface area contributed by atoms with Crippen LogP contribution < -0.4 is 10.7 Å². The van der Waals surface area contributed by atoms with Crippen LogP contribution in [0.2, 0.25) is 13.1 Å². The number of hydrogen-bond acceptors (Lipinski definition) is 2. The number of hydrogen-bond donors (Lipinski definition) is 0. The predicted octanol–water partition coefficient (Wildman–Crippen LogP) is 2.55. The van der Waals surface area contributed by atoms with Gasteiger partial charge in [0.15, 0.2) is 0 Å². The summed E-state index contributed by atoms with van der Waals surface area (Å²) >= 11 is 0. The van der Waals surface area contributed by atoms with Gasteiger partial charge in [0.2, 0.25) is 0 Å². The molecule has 0 unspecified atom stereocenters. The third kappa shape index (κ3) is 2.67. The van der Waals surface area contributed by atoms with Crippen molar-refractivity contribution in [3.8, 4) is 0 Å². The Balaban J connectivity index is 2.02. The van der Waals surface area contributed by atoms with Gasteiger partial charge in [-0.1, -0.05) is 66.8 Å². The van der Waals surface area contributed by atoms with Gasteiger partial charge in [0, 0.05) is 11.6 Å². The minimum Gasteiger partial charge on any atom is -0.267 e. The maximum Gasteiger partial charge on any atom is 0.274 e. The second-order valence-electron chi connectivity index (χ2n) is 5.94. The maximum absolute atomic E-state index is 12.6. The van der Waals surface area contributed by atoms with Crippen LogP contribution in [0.1, 0.15) is 0 Å². The van der Waals surface area contributed by atoms with Crippen molar-refractivity contribution in [1.29, 1.82) is 0 Å². The zero-order chi connectivity index (χ0) is 14.9. The Bertz CT molecular complexity index is 825. The molecule has 1 aromatic heterocycles. The summed E-state index contributed by atoms with van der Waals surface area (Å²) in [7, 11) is -1.74. The molecule has 0 N–H and O–H groups in total. The predicted molar refractivity (Wildman–Crippen MR) is 89.6 cm³/mol. The van der Waals surface area contributed by atoms with E-state index in [-0.39, 0.29) is 5.56 Å². The van der Waals surface area contributed by atoms with E-state index in [1.54, 1.807) is 10.9 Å². The first kappa shape index (κ1) is 13.8. The minimum absolute atomic E-state index is 0.00426. The SMILES string of the molecule is C[Si](C)(Cn1ncc2ccccc2c1=O)c1ccccc1. The molecule has 0 aliphatic heterocycles. The van der Waals surface area contributed by atoms with Crippen LogP contribution in [0, 0.1) is 0 Å². The van der Waals surface area contributed by atoms with E-state index < -0.39 is 8.07 Å². The van der Waals surface area contributed by atoms with Crippen molar-refractivity contribution in [2.45, 2.75) is 19.3 Å². The third-order valence-electron chi connectivity index (χ3n) is 3.86. The Morgan fingerprint density at radius 2 is 1.67 bits per heavy atom. The van der Waals surface area contributed by atoms with Gasteiger partial charge in [-0.2, -0.15) is 5.10 Å². The molecule has 3 aromatic rings. The first-order chi connectivity index (χ1) is 10.1. The van der Waals surface area contributed by atoms with Crippen molar-refractivity contribution in [3.05, 3.63) is 71.1 Å². The molecule has 0 atom stereocenters. The monoisotopic (exact) mass is 294 g/mol. The molecule has 0 fully saturated rings. The molecule has 0 spiro atoms. The number of benzene rings is 2. The lowest BCUT2D eigenvalue weighted by atomic mass is 10.2. The van der Waals surface area contributed by atoms with Gasteiger partial charge in [-0.05, 0) is 6.07 Å². The zero-order valence-electron chi connectivity index (χ0n) is 12.3. The average Bonchev–Trinajstić information content (AvgIpc) is 2.51. The molecule has 0 saturated heterocycles. The lowest BCUT2D eigenvalue weighted by Gasteiger charge is -2.23. The molecule has 1 heterocycles. The Kier molecular flexibility index (Phi) is 3.47. The largest absolute Gasteiger partial charge is 0.274 e. The van der Waals surface area contributed by atoms with Crippen molar-refractivity contribution in [2.75, 3.05) is 0 Å². The summed E-state index contributed by atoms with van der Waals surface area (Å²) in [5.74, 6) is 0. The van der Waals surface area contributed by atoms with Crippen molar-refractivity contribution >= 4 is 24.0 Å². The molecule has 0 radical (unpaired) electrons. The lowest BCUT2D eigenvalue weighted by molar-refractivity contribution is 0.683. The number of aromatic nitrogens is 2. The van der Waals surface area contributed by atoms with E-state index in [1.807, 2.05) is 30.3 Å². The highest BCUT2D eigenvalue weighted by Gasteiger charge is 2.25. The van der Waals surface area contributed by atoms with E-state index in [4.69, 9.17) is 0 Å². The average molecular weight is 294 g/mol. The van der Waals surface area contributed by atoms with Crippen molar-refractivity contribution in [1.82, 2.24) is 9.78 Å². The zero-order valence-corrected chi connectivity index (χ0v) is 13.3. The minimum atomic E-state index is -1.74. The first-order valence-electron chi connectivity index (χ1n) is 7.08. The van der Waals surface area contributed by atoms with Crippen molar-refractivity contribution in [2.24, 2.45) is 0 Å². The van der Waals surface area contributed by atoms with Gasteiger partial charge < -0.3 is 0 Å². The van der Waals surface area contributed by atoms with E-state index >= 15 is 0 Å². The quantitative estimate of drug-likeness (QED) is 0.696. The van der Waals surface area contributed by atoms with Crippen LogP contribution in [-0.4, -0.2) is 17.9 Å². The van der Waals surface area contributed by atoms with E-state index in [2.05, 4.69) is 42.5 Å². The summed E-state index contributed by atoms with van der Waals surface area (Å²) in [6, 6.07) is 18.1. The van der Waals surface area contributed by atoms with Gasteiger partial charge in [0.05, 0.1) is 11.6 Å². The summed E-state index contributed by atoms with van der Waals surface area (Å²) in [6.45, 7) is 4.54. The molecule has 0 amide bonds. The van der Waals surface area contributed by atoms with Crippen LogP contribution in [-0.2, 0) is 6.17 Å². The van der Waals surface area contributed by atoms with Crippen molar-refractivity contribution < 1.29 is 0 Å². The standard InChI is InChI=1S/C17H18N2OSi/c1-21(2,15-9-4-3-5-10-15)13-19-17(20)16-11-7-6-8-14(16)12-18-19/h3-12H,13H2,1-2H3. The van der Waals surface area contributed by atoms with Crippen LogP contribution >= 0.6 is 0 Å². The smallest absolute Gasteiger partial charge is 0.267 e. The Labute approximate surface area is 124 Å². The summed E-state index contributed by atoms with van der Waals surface area (Å²) in [4.78, 5) is 12.6. The lowest BCUT2D eigenvalue weighted by Crippen LogP contribution is -2.48. The molecule has 2 aromatic carbocycles. The molecule has 0 saturated carbocycles. The van der Waals surface area contributed by atoms with E-state index in [0.29, 0.717) is 6.17 Å². The van der Waals surface area contributed by atoms with Gasteiger partial charge in [-0.3, -0.25) is 4.79 Å². The summed E-state index contributed by atoms with van der Waals surface area (Å²) in [5, 5.41) is 7.34. The molecule has 21 heavy (non-hydrogen) atoms. The van der Waals surface area contributed by atoms with E-state index in [1.165, 1.54) is 5.19 Å².